The van der Waals surface area contributed by atoms with Gasteiger partial charge >= 0.3 is 0 Å². The summed E-state index contributed by atoms with van der Waals surface area (Å²) in [5.41, 5.74) is 1.59. The average Bonchev–Trinajstić information content (AvgIpc) is 3.22. The molecule has 0 aliphatic carbocycles. The zero-order valence-electron chi connectivity index (χ0n) is 12.1. The van der Waals surface area contributed by atoms with Crippen molar-refractivity contribution in [3.8, 4) is 0 Å². The summed E-state index contributed by atoms with van der Waals surface area (Å²) >= 11 is 8.88. The normalized spacial score (nSPS) is 10.5. The predicted molar refractivity (Wildman–Crippen MR) is 96.4 cm³/mol. The number of carbonyl (C=O) groups is 1. The van der Waals surface area contributed by atoms with Crippen LogP contribution in [0.4, 0.5) is 5.69 Å². The molecule has 1 amide bonds. The maximum Gasteiger partial charge on any atom is 0.251 e. The van der Waals surface area contributed by atoms with Crippen LogP contribution < -0.4 is 10.6 Å². The van der Waals surface area contributed by atoms with Gasteiger partial charge in [0.1, 0.15) is 0 Å². The van der Waals surface area contributed by atoms with Crippen LogP contribution in [0.3, 0.4) is 0 Å². The Balaban J connectivity index is 1.52. The summed E-state index contributed by atoms with van der Waals surface area (Å²) in [6, 6.07) is 11.4. The summed E-state index contributed by atoms with van der Waals surface area (Å²) in [4.78, 5) is 18.3. The highest BCUT2D eigenvalue weighted by molar-refractivity contribution is 7.15. The molecule has 0 radical (unpaired) electrons. The quantitative estimate of drug-likeness (QED) is 0.682. The Labute approximate surface area is 147 Å². The van der Waals surface area contributed by atoms with E-state index in [0.29, 0.717) is 23.1 Å². The molecular formula is C16H14ClN3OS2. The molecule has 0 unspecified atom stereocenters. The van der Waals surface area contributed by atoms with Crippen molar-refractivity contribution in [3.63, 3.8) is 0 Å². The van der Waals surface area contributed by atoms with E-state index in [1.54, 1.807) is 17.5 Å². The summed E-state index contributed by atoms with van der Waals surface area (Å²) < 4.78 is 0.541. The maximum absolute atomic E-state index is 12.1. The molecule has 7 heteroatoms. The summed E-state index contributed by atoms with van der Waals surface area (Å²) in [6.07, 6.45) is 1.76. The fourth-order valence-corrected chi connectivity index (χ4v) is 3.54. The van der Waals surface area contributed by atoms with Crippen molar-refractivity contribution >= 4 is 45.9 Å². The lowest BCUT2D eigenvalue weighted by Gasteiger charge is -2.07. The first-order chi connectivity index (χ1) is 11.2. The number of halogens is 1. The molecule has 23 heavy (non-hydrogen) atoms. The van der Waals surface area contributed by atoms with E-state index in [-0.39, 0.29) is 5.91 Å². The van der Waals surface area contributed by atoms with Crippen LogP contribution in [0.2, 0.25) is 4.47 Å². The zero-order chi connectivity index (χ0) is 16.1. The average molecular weight is 364 g/mol. The summed E-state index contributed by atoms with van der Waals surface area (Å²) in [6.45, 7) is 1.22. The Morgan fingerprint density at radius 2 is 1.96 bits per heavy atom. The number of nitrogens with one attached hydrogen (secondary N) is 2. The van der Waals surface area contributed by atoms with Crippen molar-refractivity contribution in [2.24, 2.45) is 0 Å². The molecule has 0 aliphatic rings. The Bertz CT molecular complexity index is 769. The Kier molecular flexibility index (Phi) is 5.27. The van der Waals surface area contributed by atoms with Crippen LogP contribution in [-0.2, 0) is 13.1 Å². The molecule has 0 saturated heterocycles. The fourth-order valence-electron chi connectivity index (χ4n) is 1.98. The minimum atomic E-state index is -0.0702. The molecule has 2 N–H and O–H groups in total. The summed E-state index contributed by atoms with van der Waals surface area (Å²) in [7, 11) is 0. The van der Waals surface area contributed by atoms with Crippen LogP contribution in [0.25, 0.3) is 0 Å². The number of aromatic nitrogens is 1. The molecule has 118 valence electrons. The van der Waals surface area contributed by atoms with E-state index < -0.39 is 0 Å². The third-order valence-corrected chi connectivity index (χ3v) is 5.13. The third kappa shape index (κ3) is 4.54. The van der Waals surface area contributed by atoms with Crippen LogP contribution >= 0.6 is 34.3 Å². The first kappa shape index (κ1) is 16.0. The monoisotopic (exact) mass is 363 g/mol. The van der Waals surface area contributed by atoms with Crippen molar-refractivity contribution in [1.82, 2.24) is 10.3 Å². The summed E-state index contributed by atoms with van der Waals surface area (Å²) in [5, 5.41) is 8.19. The predicted octanol–water partition coefficient (Wildman–Crippen LogP) is 4.40. The van der Waals surface area contributed by atoms with Crippen molar-refractivity contribution in [2.75, 3.05) is 5.32 Å². The molecule has 3 rings (SSSR count). The van der Waals surface area contributed by atoms with E-state index in [4.69, 9.17) is 11.6 Å². The molecule has 1 aromatic carbocycles. The van der Waals surface area contributed by atoms with E-state index in [0.717, 1.165) is 15.4 Å². The fraction of sp³-hybridized carbons (Fsp3) is 0.125. The van der Waals surface area contributed by atoms with Crippen LogP contribution in [0.15, 0.2) is 48.0 Å². The highest BCUT2D eigenvalue weighted by Crippen LogP contribution is 2.19. The largest absolute Gasteiger partial charge is 0.380 e. The van der Waals surface area contributed by atoms with Gasteiger partial charge in [0, 0.05) is 27.2 Å². The first-order valence-corrected chi connectivity index (χ1v) is 9.03. The van der Waals surface area contributed by atoms with Gasteiger partial charge in [0.05, 0.1) is 13.1 Å². The number of carbonyl (C=O) groups excluding carboxylic acids is 1. The molecule has 4 nitrogen and oxygen atoms in total. The van der Waals surface area contributed by atoms with Gasteiger partial charge < -0.3 is 10.6 Å². The Morgan fingerprint density at radius 3 is 2.61 bits per heavy atom. The number of hydrogen-bond donors (Lipinski definition) is 2. The molecule has 0 bridgehead atoms. The number of amides is 1. The number of benzene rings is 1. The first-order valence-electron chi connectivity index (χ1n) is 6.95. The zero-order valence-corrected chi connectivity index (χ0v) is 14.5. The molecule has 2 heterocycles. The lowest BCUT2D eigenvalue weighted by molar-refractivity contribution is 0.0951. The van der Waals surface area contributed by atoms with Gasteiger partial charge in [-0.05, 0) is 35.7 Å². The van der Waals surface area contributed by atoms with Crippen LogP contribution in [0.5, 0.6) is 0 Å². The second kappa shape index (κ2) is 7.59. The Hall–Kier alpha value is -1.89. The van der Waals surface area contributed by atoms with E-state index in [1.165, 1.54) is 11.3 Å². The number of anilines is 1. The van der Waals surface area contributed by atoms with Crippen LogP contribution in [0.1, 0.15) is 20.1 Å². The van der Waals surface area contributed by atoms with Gasteiger partial charge in [-0.1, -0.05) is 17.7 Å². The highest BCUT2D eigenvalue weighted by atomic mass is 35.5. The molecule has 0 spiro atoms. The molecule has 0 aliphatic heterocycles. The molecule has 2 aromatic heterocycles. The molecular weight excluding hydrogens is 350 g/mol. The van der Waals surface area contributed by atoms with Gasteiger partial charge in [-0.15, -0.1) is 22.7 Å². The number of thiazole rings is 1. The van der Waals surface area contributed by atoms with Crippen LogP contribution in [0, 0.1) is 0 Å². The number of thiophene rings is 1. The second-order valence-corrected chi connectivity index (χ2v) is 7.50. The van der Waals surface area contributed by atoms with Crippen molar-refractivity contribution in [2.45, 2.75) is 13.1 Å². The smallest absolute Gasteiger partial charge is 0.251 e. The van der Waals surface area contributed by atoms with Gasteiger partial charge in [0.2, 0.25) is 0 Å². The Morgan fingerprint density at radius 1 is 1.13 bits per heavy atom. The summed E-state index contributed by atoms with van der Waals surface area (Å²) in [5.74, 6) is -0.0702. The van der Waals surface area contributed by atoms with E-state index in [9.17, 15) is 4.79 Å². The number of hydrogen-bond acceptors (Lipinski definition) is 5. The van der Waals surface area contributed by atoms with Gasteiger partial charge in [-0.3, -0.25) is 4.79 Å². The third-order valence-electron chi connectivity index (χ3n) is 3.14. The van der Waals surface area contributed by atoms with E-state index in [2.05, 4.69) is 15.6 Å². The highest BCUT2D eigenvalue weighted by Gasteiger charge is 2.06. The van der Waals surface area contributed by atoms with E-state index >= 15 is 0 Å². The molecule has 0 fully saturated rings. The van der Waals surface area contributed by atoms with Gasteiger partial charge in [0.25, 0.3) is 5.91 Å². The standard InChI is InChI=1S/C16H14ClN3OS2/c17-16-20-10-14(23-16)9-18-12-5-3-11(4-6-12)15(21)19-8-13-2-1-7-22-13/h1-7,10,18H,8-9H2,(H,19,21). The van der Waals surface area contributed by atoms with E-state index in [1.807, 2.05) is 41.8 Å². The number of rotatable bonds is 6. The molecule has 0 saturated carbocycles. The SMILES string of the molecule is O=C(NCc1cccs1)c1ccc(NCc2cnc(Cl)s2)cc1. The molecule has 3 aromatic rings. The van der Waals surface area contributed by atoms with Crippen molar-refractivity contribution in [1.29, 1.82) is 0 Å². The van der Waals surface area contributed by atoms with Gasteiger partial charge in [-0.25, -0.2) is 4.98 Å². The van der Waals surface area contributed by atoms with Gasteiger partial charge in [-0.2, -0.15) is 0 Å². The number of nitrogens with zero attached hydrogens (tertiary/aromatic N) is 1. The lowest BCUT2D eigenvalue weighted by Crippen LogP contribution is -2.22. The van der Waals surface area contributed by atoms with Crippen molar-refractivity contribution in [3.05, 3.63) is 67.8 Å². The molecule has 0 atom stereocenters. The van der Waals surface area contributed by atoms with Gasteiger partial charge in [0.15, 0.2) is 4.47 Å². The lowest BCUT2D eigenvalue weighted by atomic mass is 10.2. The second-order valence-electron chi connectivity index (χ2n) is 4.77. The van der Waals surface area contributed by atoms with Crippen molar-refractivity contribution < 1.29 is 4.79 Å². The minimum Gasteiger partial charge on any atom is -0.380 e. The van der Waals surface area contributed by atoms with Crippen LogP contribution in [-0.4, -0.2) is 10.9 Å². The topological polar surface area (TPSA) is 54.0 Å². The maximum atomic E-state index is 12.1. The minimum absolute atomic E-state index is 0.0702.